The number of hydrogen-bond donors (Lipinski definition) is 1. The zero-order chi connectivity index (χ0) is 15.9. The second-order valence-corrected chi connectivity index (χ2v) is 7.00. The summed E-state index contributed by atoms with van der Waals surface area (Å²) in [6.45, 7) is 7.97. The molecule has 2 aromatic heterocycles. The van der Waals surface area contributed by atoms with Crippen molar-refractivity contribution in [3.05, 3.63) is 25.3 Å². The normalized spacial score (nSPS) is 11.8. The summed E-state index contributed by atoms with van der Waals surface area (Å²) in [6.07, 6.45) is 0. The Morgan fingerprint density at radius 3 is 2.48 bits per heavy atom. The largest absolute Gasteiger partial charge is 0.481 e. The van der Waals surface area contributed by atoms with Crippen molar-refractivity contribution in [3.8, 4) is 17.3 Å². The summed E-state index contributed by atoms with van der Waals surface area (Å²) < 4.78 is 7.64. The second kappa shape index (κ2) is 5.43. The molecule has 0 aliphatic rings. The number of nitrogens with zero attached hydrogens (tertiary/aromatic N) is 3. The number of methoxy groups -OCH3 is 1. The summed E-state index contributed by atoms with van der Waals surface area (Å²) in [5, 5.41) is 4.33. The van der Waals surface area contributed by atoms with Crippen LogP contribution in [0.3, 0.4) is 0 Å². The van der Waals surface area contributed by atoms with Crippen LogP contribution in [0.5, 0.6) is 5.88 Å². The maximum absolute atomic E-state index is 12.2. The minimum absolute atomic E-state index is 0.143. The first-order valence-electron chi connectivity index (χ1n) is 6.55. The topological polar surface area (TPSA) is 72.8 Å². The van der Waals surface area contributed by atoms with Gasteiger partial charge in [0, 0.05) is 12.5 Å². The molecule has 7 heteroatoms. The maximum Gasteiger partial charge on any atom is 0.264 e. The Morgan fingerprint density at radius 1 is 1.33 bits per heavy atom. The Bertz CT molecular complexity index is 741. The third-order valence-electron chi connectivity index (χ3n) is 3.17. The van der Waals surface area contributed by atoms with Crippen molar-refractivity contribution < 1.29 is 4.74 Å². The van der Waals surface area contributed by atoms with Crippen molar-refractivity contribution in [1.82, 2.24) is 19.7 Å². The molecule has 114 valence electrons. The number of aromatic amines is 1. The highest BCUT2D eigenvalue weighted by Gasteiger charge is 2.25. The highest BCUT2D eigenvalue weighted by Crippen LogP contribution is 2.31. The Hall–Kier alpha value is -1.38. The number of hydrogen-bond acceptors (Lipinski definition) is 4. The van der Waals surface area contributed by atoms with Crippen LogP contribution in [0.25, 0.3) is 11.4 Å². The number of ether oxygens (including phenoxy) is 1. The van der Waals surface area contributed by atoms with Crippen LogP contribution in [0.1, 0.15) is 32.2 Å². The molecule has 0 bridgehead atoms. The number of rotatable bonds is 2. The van der Waals surface area contributed by atoms with Crippen LogP contribution in [0, 0.1) is 10.5 Å². The van der Waals surface area contributed by atoms with Crippen molar-refractivity contribution >= 4 is 22.6 Å². The summed E-state index contributed by atoms with van der Waals surface area (Å²) >= 11 is 2.04. The molecule has 21 heavy (non-hydrogen) atoms. The average molecular weight is 402 g/mol. The molecule has 0 aliphatic carbocycles. The first-order chi connectivity index (χ1) is 9.66. The lowest BCUT2D eigenvalue weighted by Crippen LogP contribution is -2.24. The van der Waals surface area contributed by atoms with E-state index in [9.17, 15) is 4.79 Å². The lowest BCUT2D eigenvalue weighted by molar-refractivity contribution is 0.374. The zero-order valence-corrected chi connectivity index (χ0v) is 15.2. The van der Waals surface area contributed by atoms with Crippen LogP contribution in [0.4, 0.5) is 0 Å². The lowest BCUT2D eigenvalue weighted by Gasteiger charge is -2.19. The highest BCUT2D eigenvalue weighted by molar-refractivity contribution is 14.1. The van der Waals surface area contributed by atoms with Gasteiger partial charge in [-0.3, -0.25) is 4.79 Å². The summed E-state index contributed by atoms with van der Waals surface area (Å²) in [4.78, 5) is 19.7. The Balaban J connectivity index is 2.78. The van der Waals surface area contributed by atoms with Crippen LogP contribution < -0.4 is 10.3 Å². The molecule has 2 heterocycles. The molecule has 0 aromatic carbocycles. The van der Waals surface area contributed by atoms with Crippen molar-refractivity contribution in [2.24, 2.45) is 7.05 Å². The molecule has 0 spiro atoms. The minimum atomic E-state index is -0.219. The molecule has 1 N–H and O–H groups in total. The molecule has 0 unspecified atom stereocenters. The Kier molecular flexibility index (Phi) is 4.14. The second-order valence-electron chi connectivity index (χ2n) is 5.92. The number of nitrogens with one attached hydrogen (secondary N) is 1. The van der Waals surface area contributed by atoms with Gasteiger partial charge in [0.25, 0.3) is 5.56 Å². The average Bonchev–Trinajstić information content (AvgIpc) is 2.65. The molecule has 2 rings (SSSR count). The van der Waals surface area contributed by atoms with Gasteiger partial charge in [-0.2, -0.15) is 5.10 Å². The quantitative estimate of drug-likeness (QED) is 0.784. The van der Waals surface area contributed by atoms with Crippen molar-refractivity contribution in [1.29, 1.82) is 0 Å². The highest BCUT2D eigenvalue weighted by atomic mass is 127. The van der Waals surface area contributed by atoms with E-state index in [0.717, 1.165) is 17.0 Å². The van der Waals surface area contributed by atoms with Gasteiger partial charge >= 0.3 is 0 Å². The molecule has 0 aliphatic heterocycles. The van der Waals surface area contributed by atoms with E-state index in [1.165, 1.54) is 0 Å². The number of aryl methyl sites for hydroxylation is 2. The van der Waals surface area contributed by atoms with E-state index in [1.807, 2.05) is 50.3 Å². The van der Waals surface area contributed by atoms with E-state index in [4.69, 9.17) is 4.74 Å². The molecule has 0 fully saturated rings. The summed E-state index contributed by atoms with van der Waals surface area (Å²) in [5.74, 6) is 1.07. The first-order valence-corrected chi connectivity index (χ1v) is 7.63. The SMILES string of the molecule is COc1c(-c2nc(C(C)(C)C)c(I)c(=O)[nH]2)c(C)nn1C. The van der Waals surface area contributed by atoms with Gasteiger partial charge < -0.3 is 9.72 Å². The van der Waals surface area contributed by atoms with E-state index >= 15 is 0 Å². The van der Waals surface area contributed by atoms with Gasteiger partial charge in [0.15, 0.2) is 0 Å². The minimum Gasteiger partial charge on any atom is -0.481 e. The number of H-pyrrole nitrogens is 1. The zero-order valence-electron chi connectivity index (χ0n) is 13.0. The molecule has 0 amide bonds. The van der Waals surface area contributed by atoms with E-state index < -0.39 is 0 Å². The first kappa shape index (κ1) is 16.0. The maximum atomic E-state index is 12.2. The van der Waals surface area contributed by atoms with Crippen molar-refractivity contribution in [3.63, 3.8) is 0 Å². The van der Waals surface area contributed by atoms with E-state index in [2.05, 4.69) is 15.1 Å². The predicted molar refractivity (Wildman–Crippen MR) is 89.8 cm³/mol. The van der Waals surface area contributed by atoms with Gasteiger partial charge in [-0.15, -0.1) is 0 Å². The summed E-state index contributed by atoms with van der Waals surface area (Å²) in [7, 11) is 3.38. The molecular formula is C14H19IN4O2. The third-order valence-corrected chi connectivity index (χ3v) is 4.17. The molecule has 0 saturated carbocycles. The predicted octanol–water partition coefficient (Wildman–Crippen LogP) is 2.39. The van der Waals surface area contributed by atoms with Gasteiger partial charge in [0.2, 0.25) is 5.88 Å². The van der Waals surface area contributed by atoms with Gasteiger partial charge in [-0.1, -0.05) is 20.8 Å². The van der Waals surface area contributed by atoms with Crippen molar-refractivity contribution in [2.45, 2.75) is 33.1 Å². The van der Waals surface area contributed by atoms with Crippen LogP contribution >= 0.6 is 22.6 Å². The third kappa shape index (κ3) is 2.83. The standard InChI is InChI=1S/C14H19IN4O2/c1-7-8(13(21-6)19(5)18-7)11-16-10(14(2,3)4)9(15)12(20)17-11/h1-6H3,(H,16,17,20). The Morgan fingerprint density at radius 2 is 1.95 bits per heavy atom. The fourth-order valence-electron chi connectivity index (χ4n) is 2.22. The summed E-state index contributed by atoms with van der Waals surface area (Å²) in [6, 6.07) is 0. The smallest absolute Gasteiger partial charge is 0.264 e. The lowest BCUT2D eigenvalue weighted by atomic mass is 9.92. The monoisotopic (exact) mass is 402 g/mol. The van der Waals surface area contributed by atoms with Gasteiger partial charge in [0.05, 0.1) is 18.5 Å². The Labute approximate surface area is 137 Å². The molecule has 0 saturated heterocycles. The molecule has 2 aromatic rings. The summed E-state index contributed by atoms with van der Waals surface area (Å²) in [5.41, 5.74) is 1.89. The van der Waals surface area contributed by atoms with E-state index in [-0.39, 0.29) is 11.0 Å². The van der Waals surface area contributed by atoms with Crippen LogP contribution in [-0.2, 0) is 12.5 Å². The van der Waals surface area contributed by atoms with Crippen LogP contribution in [-0.4, -0.2) is 26.9 Å². The van der Waals surface area contributed by atoms with Gasteiger partial charge in [0.1, 0.15) is 15.0 Å². The van der Waals surface area contributed by atoms with Gasteiger partial charge in [-0.25, -0.2) is 9.67 Å². The van der Waals surface area contributed by atoms with Crippen LogP contribution in [0.15, 0.2) is 4.79 Å². The number of aromatic nitrogens is 4. The fourth-order valence-corrected chi connectivity index (χ4v) is 3.28. The number of halogens is 1. The van der Waals surface area contributed by atoms with E-state index in [0.29, 0.717) is 15.3 Å². The van der Waals surface area contributed by atoms with Gasteiger partial charge in [-0.05, 0) is 29.5 Å². The van der Waals surface area contributed by atoms with Crippen molar-refractivity contribution in [2.75, 3.05) is 7.11 Å². The fraction of sp³-hybridized carbons (Fsp3) is 0.500. The van der Waals surface area contributed by atoms with Crippen LogP contribution in [0.2, 0.25) is 0 Å². The molecule has 0 radical (unpaired) electrons. The molecule has 0 atom stereocenters. The molecular weight excluding hydrogens is 383 g/mol. The van der Waals surface area contributed by atoms with E-state index in [1.54, 1.807) is 18.8 Å². The molecule has 6 nitrogen and oxygen atoms in total.